The van der Waals surface area contributed by atoms with E-state index in [0.29, 0.717) is 5.56 Å². The first-order valence-electron chi connectivity index (χ1n) is 7.29. The third-order valence-corrected chi connectivity index (χ3v) is 4.75. The molecule has 1 heterocycles. The van der Waals surface area contributed by atoms with E-state index in [1.165, 1.54) is 4.88 Å². The van der Waals surface area contributed by atoms with Crippen LogP contribution in [0.2, 0.25) is 0 Å². The predicted octanol–water partition coefficient (Wildman–Crippen LogP) is 3.66. The summed E-state index contributed by atoms with van der Waals surface area (Å²) in [5, 5.41) is 1.04. The van der Waals surface area contributed by atoms with E-state index in [1.54, 1.807) is 16.2 Å². The zero-order valence-electron chi connectivity index (χ0n) is 14.0. The number of rotatable bonds is 4. The Morgan fingerprint density at radius 3 is 2.45 bits per heavy atom. The number of thiazole rings is 1. The van der Waals surface area contributed by atoms with Crippen LogP contribution in [0.5, 0.6) is 0 Å². The number of hydrogen-bond acceptors (Lipinski definition) is 4. The Morgan fingerprint density at radius 1 is 1.23 bits per heavy atom. The maximum Gasteiger partial charge on any atom is 0.254 e. The number of carbonyl (C=O) groups excluding carboxylic acids is 1. The van der Waals surface area contributed by atoms with E-state index >= 15 is 0 Å². The van der Waals surface area contributed by atoms with Gasteiger partial charge in [0.05, 0.1) is 16.7 Å². The van der Waals surface area contributed by atoms with Crippen molar-refractivity contribution in [1.29, 1.82) is 0 Å². The van der Waals surface area contributed by atoms with Crippen LogP contribution in [0, 0.1) is 13.8 Å². The number of amides is 1. The van der Waals surface area contributed by atoms with E-state index in [1.807, 2.05) is 64.2 Å². The fourth-order valence-electron chi connectivity index (χ4n) is 2.41. The number of anilines is 1. The lowest BCUT2D eigenvalue weighted by atomic mass is 10.1. The summed E-state index contributed by atoms with van der Waals surface area (Å²) in [5.74, 6) is 0.0150. The van der Waals surface area contributed by atoms with Crippen LogP contribution >= 0.6 is 11.3 Å². The van der Waals surface area contributed by atoms with Crippen LogP contribution in [-0.2, 0) is 0 Å². The van der Waals surface area contributed by atoms with E-state index in [-0.39, 0.29) is 11.9 Å². The summed E-state index contributed by atoms with van der Waals surface area (Å²) in [7, 11) is 5.78. The molecule has 118 valence electrons. The van der Waals surface area contributed by atoms with Gasteiger partial charge in [-0.3, -0.25) is 4.79 Å². The smallest absolute Gasteiger partial charge is 0.254 e. The first-order valence-corrected chi connectivity index (χ1v) is 8.11. The van der Waals surface area contributed by atoms with Crippen LogP contribution in [0.15, 0.2) is 24.3 Å². The molecule has 1 amide bonds. The second kappa shape index (κ2) is 6.48. The highest BCUT2D eigenvalue weighted by Gasteiger charge is 2.22. The van der Waals surface area contributed by atoms with Crippen LogP contribution in [0.1, 0.15) is 38.9 Å². The molecule has 0 spiro atoms. The predicted molar refractivity (Wildman–Crippen MR) is 92.9 cm³/mol. The fourth-order valence-corrected chi connectivity index (χ4v) is 3.32. The normalized spacial score (nSPS) is 12.1. The summed E-state index contributed by atoms with van der Waals surface area (Å²) in [6.45, 7) is 6.08. The molecule has 0 saturated heterocycles. The minimum absolute atomic E-state index is 0.0150. The minimum Gasteiger partial charge on any atom is -0.378 e. The zero-order chi connectivity index (χ0) is 16.4. The Balaban J connectivity index is 2.25. The summed E-state index contributed by atoms with van der Waals surface area (Å²) < 4.78 is 0. The Hall–Kier alpha value is -1.88. The average molecular weight is 317 g/mol. The van der Waals surface area contributed by atoms with E-state index in [0.717, 1.165) is 16.4 Å². The first kappa shape index (κ1) is 16.5. The molecule has 0 saturated carbocycles. The van der Waals surface area contributed by atoms with E-state index in [9.17, 15) is 4.79 Å². The fraction of sp³-hybridized carbons (Fsp3) is 0.412. The Kier molecular flexibility index (Phi) is 4.86. The molecular weight excluding hydrogens is 294 g/mol. The van der Waals surface area contributed by atoms with E-state index in [2.05, 4.69) is 11.9 Å². The lowest BCUT2D eigenvalue weighted by Crippen LogP contribution is -2.30. The molecule has 0 aliphatic carbocycles. The maximum absolute atomic E-state index is 12.7. The van der Waals surface area contributed by atoms with E-state index in [4.69, 9.17) is 0 Å². The highest BCUT2D eigenvalue weighted by molar-refractivity contribution is 7.11. The van der Waals surface area contributed by atoms with Gasteiger partial charge in [0.25, 0.3) is 5.91 Å². The van der Waals surface area contributed by atoms with Gasteiger partial charge in [0, 0.05) is 37.3 Å². The number of nitrogens with zero attached hydrogens (tertiary/aromatic N) is 3. The molecule has 22 heavy (non-hydrogen) atoms. The molecule has 2 rings (SSSR count). The molecule has 1 aromatic heterocycles. The Bertz CT molecular complexity index is 678. The van der Waals surface area contributed by atoms with Crippen molar-refractivity contribution in [3.05, 3.63) is 45.4 Å². The number of hydrogen-bond donors (Lipinski definition) is 0. The SMILES string of the molecule is Cc1nc(C(C)N(C)C(=O)c2cccc(N(C)C)c2)c(C)s1. The monoisotopic (exact) mass is 317 g/mol. The van der Waals surface area contributed by atoms with Crippen LogP contribution in [0.3, 0.4) is 0 Å². The number of carbonyl (C=O) groups is 1. The first-order chi connectivity index (χ1) is 10.3. The van der Waals surface area contributed by atoms with Gasteiger partial charge in [-0.1, -0.05) is 6.07 Å². The summed E-state index contributed by atoms with van der Waals surface area (Å²) in [6.07, 6.45) is 0. The van der Waals surface area contributed by atoms with Gasteiger partial charge in [-0.05, 0) is 39.0 Å². The van der Waals surface area contributed by atoms with Gasteiger partial charge in [0.15, 0.2) is 0 Å². The van der Waals surface area contributed by atoms with Gasteiger partial charge in [0.1, 0.15) is 0 Å². The lowest BCUT2D eigenvalue weighted by molar-refractivity contribution is 0.0740. The third kappa shape index (κ3) is 3.30. The molecular formula is C17H23N3OS. The second-order valence-electron chi connectivity index (χ2n) is 5.71. The minimum atomic E-state index is -0.0412. The van der Waals surface area contributed by atoms with Crippen LogP contribution < -0.4 is 4.90 Å². The molecule has 0 radical (unpaired) electrons. The molecule has 0 N–H and O–H groups in total. The topological polar surface area (TPSA) is 36.4 Å². The second-order valence-corrected chi connectivity index (χ2v) is 7.12. The van der Waals surface area contributed by atoms with Crippen molar-refractivity contribution in [3.8, 4) is 0 Å². The quantitative estimate of drug-likeness (QED) is 0.863. The van der Waals surface area contributed by atoms with Gasteiger partial charge in [-0.2, -0.15) is 0 Å². The molecule has 5 heteroatoms. The Labute approximate surface area is 136 Å². The van der Waals surface area contributed by atoms with Crippen LogP contribution in [0.4, 0.5) is 5.69 Å². The third-order valence-electron chi connectivity index (χ3n) is 3.85. The molecule has 1 atom stereocenters. The molecule has 2 aromatic rings. The van der Waals surface area contributed by atoms with Crippen LogP contribution in [0.25, 0.3) is 0 Å². The Morgan fingerprint density at radius 2 is 1.91 bits per heavy atom. The summed E-state index contributed by atoms with van der Waals surface area (Å²) in [5.41, 5.74) is 2.71. The molecule has 1 unspecified atom stereocenters. The summed E-state index contributed by atoms with van der Waals surface area (Å²) in [6, 6.07) is 7.65. The number of aromatic nitrogens is 1. The zero-order valence-corrected chi connectivity index (χ0v) is 14.9. The van der Waals surface area contributed by atoms with Crippen molar-refractivity contribution in [2.24, 2.45) is 0 Å². The largest absolute Gasteiger partial charge is 0.378 e. The average Bonchev–Trinajstić information content (AvgIpc) is 2.83. The molecule has 0 bridgehead atoms. The van der Waals surface area contributed by atoms with Gasteiger partial charge < -0.3 is 9.80 Å². The lowest BCUT2D eigenvalue weighted by Gasteiger charge is -2.25. The van der Waals surface area contributed by atoms with Crippen LogP contribution in [-0.4, -0.2) is 36.9 Å². The van der Waals surface area contributed by atoms with Gasteiger partial charge in [-0.15, -0.1) is 11.3 Å². The molecule has 0 fully saturated rings. The van der Waals surface area contributed by atoms with Crippen molar-refractivity contribution in [2.45, 2.75) is 26.8 Å². The highest BCUT2D eigenvalue weighted by Crippen LogP contribution is 2.27. The summed E-state index contributed by atoms with van der Waals surface area (Å²) in [4.78, 5) is 22.2. The van der Waals surface area contributed by atoms with Gasteiger partial charge in [-0.25, -0.2) is 4.98 Å². The van der Waals surface area contributed by atoms with Gasteiger partial charge in [0.2, 0.25) is 0 Å². The van der Waals surface area contributed by atoms with Crippen molar-refractivity contribution in [1.82, 2.24) is 9.88 Å². The highest BCUT2D eigenvalue weighted by atomic mass is 32.1. The summed E-state index contributed by atoms with van der Waals surface area (Å²) >= 11 is 1.67. The van der Waals surface area contributed by atoms with Crippen molar-refractivity contribution >= 4 is 22.9 Å². The molecule has 0 aliphatic rings. The number of aryl methyl sites for hydroxylation is 2. The van der Waals surface area contributed by atoms with Crippen molar-refractivity contribution < 1.29 is 4.79 Å². The van der Waals surface area contributed by atoms with Gasteiger partial charge >= 0.3 is 0 Å². The molecule has 1 aromatic carbocycles. The number of benzene rings is 1. The van der Waals surface area contributed by atoms with Crippen molar-refractivity contribution in [2.75, 3.05) is 26.0 Å². The molecule has 4 nitrogen and oxygen atoms in total. The van der Waals surface area contributed by atoms with Crippen molar-refractivity contribution in [3.63, 3.8) is 0 Å². The van der Waals surface area contributed by atoms with E-state index < -0.39 is 0 Å². The standard InChI is InChI=1S/C17H23N3OS/c1-11(16-12(2)22-13(3)18-16)20(6)17(21)14-8-7-9-15(10-14)19(4)5/h7-11H,1-6H3. The molecule has 0 aliphatic heterocycles. The maximum atomic E-state index is 12.7.